The number of H-pyrrole nitrogens is 1. The van der Waals surface area contributed by atoms with Crippen molar-refractivity contribution in [3.8, 4) is 0 Å². The number of hydrogen-bond donors (Lipinski definition) is 2. The largest absolute Gasteiger partial charge is 0.376 e. The topological polar surface area (TPSA) is 57.4 Å². The van der Waals surface area contributed by atoms with Crippen LogP contribution in [0.25, 0.3) is 10.9 Å². The van der Waals surface area contributed by atoms with E-state index in [0.717, 1.165) is 42.5 Å². The predicted molar refractivity (Wildman–Crippen MR) is 135 cm³/mol. The van der Waals surface area contributed by atoms with Gasteiger partial charge in [-0.15, -0.1) is 0 Å². The van der Waals surface area contributed by atoms with E-state index in [2.05, 4.69) is 48.1 Å². The third kappa shape index (κ3) is 5.03. The number of rotatable bonds is 6. The Kier molecular flexibility index (Phi) is 6.92. The molecule has 1 saturated heterocycles. The second kappa shape index (κ2) is 9.84. The maximum absolute atomic E-state index is 12.9. The lowest BCUT2D eigenvalue weighted by Crippen LogP contribution is -2.40. The van der Waals surface area contributed by atoms with E-state index in [9.17, 15) is 4.79 Å². The average molecular weight is 450 g/mol. The Morgan fingerprint density at radius 1 is 1.19 bits per heavy atom. The average Bonchev–Trinajstić information content (AvgIpc) is 3.29. The van der Waals surface area contributed by atoms with E-state index in [1.807, 2.05) is 30.3 Å². The quantitative estimate of drug-likeness (QED) is 0.514. The molecule has 1 aliphatic heterocycles. The molecule has 1 aliphatic rings. The second-order valence-corrected chi connectivity index (χ2v) is 8.99. The number of aromatic amines is 1. The monoisotopic (exact) mass is 449 g/mol. The van der Waals surface area contributed by atoms with Gasteiger partial charge in [-0.05, 0) is 91.7 Å². The van der Waals surface area contributed by atoms with Crippen molar-refractivity contribution in [2.45, 2.75) is 52.7 Å². The fourth-order valence-corrected chi connectivity index (χ4v) is 4.49. The summed E-state index contributed by atoms with van der Waals surface area (Å²) < 4.78 is 5.88. The summed E-state index contributed by atoms with van der Waals surface area (Å²) >= 11 is 5.82. The standard InChI is InChI=1S/C26H31N3O2S/c1-4-19-8-5-6-10-23(19)28-26(32)29(16-22-9-7-11-31-22)15-21-14-20-12-17(2)18(3)13-24(20)27-25(21)30/h5-6,8,10,12-14,22H,4,7,9,11,15-16H2,1-3H3,(H,27,30)(H,28,32). The molecule has 2 aromatic carbocycles. The molecule has 6 heteroatoms. The number of ether oxygens (including phenoxy) is 1. The maximum Gasteiger partial charge on any atom is 0.253 e. The number of nitrogens with one attached hydrogen (secondary N) is 2. The van der Waals surface area contributed by atoms with Gasteiger partial charge < -0.3 is 19.9 Å². The first kappa shape index (κ1) is 22.5. The van der Waals surface area contributed by atoms with E-state index in [0.29, 0.717) is 23.8 Å². The SMILES string of the molecule is CCc1ccccc1NC(=S)N(Cc1cc2cc(C)c(C)cc2[nH]c1=O)CC1CCCO1. The predicted octanol–water partition coefficient (Wildman–Crippen LogP) is 5.09. The highest BCUT2D eigenvalue weighted by molar-refractivity contribution is 7.80. The van der Waals surface area contributed by atoms with Gasteiger partial charge in [0, 0.05) is 29.9 Å². The van der Waals surface area contributed by atoms with Gasteiger partial charge in [0.1, 0.15) is 0 Å². The van der Waals surface area contributed by atoms with Crippen molar-refractivity contribution in [1.29, 1.82) is 0 Å². The fraction of sp³-hybridized carbons (Fsp3) is 0.385. The van der Waals surface area contributed by atoms with Gasteiger partial charge in [0.05, 0.1) is 12.6 Å². The minimum Gasteiger partial charge on any atom is -0.376 e. The number of nitrogens with zero attached hydrogens (tertiary/aromatic N) is 1. The Balaban J connectivity index is 1.63. The van der Waals surface area contributed by atoms with Crippen molar-refractivity contribution in [2.24, 2.45) is 0 Å². The number of anilines is 1. The summed E-state index contributed by atoms with van der Waals surface area (Å²) in [5, 5.41) is 5.07. The van der Waals surface area contributed by atoms with Gasteiger partial charge in [-0.25, -0.2) is 0 Å². The van der Waals surface area contributed by atoms with E-state index in [1.54, 1.807) is 0 Å². The number of aryl methyl sites for hydroxylation is 3. The van der Waals surface area contributed by atoms with Crippen LogP contribution in [0.15, 0.2) is 47.3 Å². The first-order valence-electron chi connectivity index (χ1n) is 11.3. The third-order valence-corrected chi connectivity index (χ3v) is 6.63. The molecule has 1 atom stereocenters. The van der Waals surface area contributed by atoms with Crippen molar-refractivity contribution < 1.29 is 4.74 Å². The minimum absolute atomic E-state index is 0.0742. The van der Waals surface area contributed by atoms with Gasteiger partial charge in [-0.1, -0.05) is 25.1 Å². The Morgan fingerprint density at radius 2 is 1.97 bits per heavy atom. The molecule has 3 aromatic rings. The molecule has 0 amide bonds. The Labute approximate surface area is 194 Å². The summed E-state index contributed by atoms with van der Waals surface area (Å²) in [6, 6.07) is 14.3. The number of pyridine rings is 1. The van der Waals surface area contributed by atoms with Crippen LogP contribution in [0.3, 0.4) is 0 Å². The van der Waals surface area contributed by atoms with E-state index in [-0.39, 0.29) is 11.7 Å². The molecule has 1 fully saturated rings. The second-order valence-electron chi connectivity index (χ2n) is 8.60. The zero-order valence-corrected chi connectivity index (χ0v) is 19.8. The molecule has 2 heterocycles. The van der Waals surface area contributed by atoms with Crippen LogP contribution in [0.2, 0.25) is 0 Å². The maximum atomic E-state index is 12.9. The number of aromatic nitrogens is 1. The molecule has 32 heavy (non-hydrogen) atoms. The highest BCUT2D eigenvalue weighted by Crippen LogP contribution is 2.21. The summed E-state index contributed by atoms with van der Waals surface area (Å²) in [5.74, 6) is 0. The van der Waals surface area contributed by atoms with Crippen LogP contribution < -0.4 is 10.9 Å². The van der Waals surface area contributed by atoms with Crippen LogP contribution >= 0.6 is 12.2 Å². The summed E-state index contributed by atoms with van der Waals surface area (Å²) in [6.07, 6.45) is 3.12. The highest BCUT2D eigenvalue weighted by atomic mass is 32.1. The Bertz CT molecular complexity index is 1180. The van der Waals surface area contributed by atoms with Gasteiger partial charge in [-0.3, -0.25) is 4.79 Å². The van der Waals surface area contributed by atoms with E-state index < -0.39 is 0 Å². The van der Waals surface area contributed by atoms with E-state index in [1.165, 1.54) is 16.7 Å². The van der Waals surface area contributed by atoms with Crippen LogP contribution in [0.4, 0.5) is 5.69 Å². The normalized spacial score (nSPS) is 15.8. The van der Waals surface area contributed by atoms with E-state index in [4.69, 9.17) is 17.0 Å². The van der Waals surface area contributed by atoms with E-state index >= 15 is 0 Å². The van der Waals surface area contributed by atoms with Crippen molar-refractivity contribution in [3.63, 3.8) is 0 Å². The lowest BCUT2D eigenvalue weighted by molar-refractivity contribution is 0.0904. The summed E-state index contributed by atoms with van der Waals surface area (Å²) in [7, 11) is 0. The molecule has 4 rings (SSSR count). The zero-order valence-electron chi connectivity index (χ0n) is 19.0. The molecule has 0 radical (unpaired) electrons. The highest BCUT2D eigenvalue weighted by Gasteiger charge is 2.22. The van der Waals surface area contributed by atoms with Gasteiger partial charge in [0.25, 0.3) is 5.56 Å². The van der Waals surface area contributed by atoms with Crippen molar-refractivity contribution in [2.75, 3.05) is 18.5 Å². The van der Waals surface area contributed by atoms with Crippen molar-refractivity contribution in [3.05, 3.63) is 75.1 Å². The number of benzene rings is 2. The minimum atomic E-state index is -0.0742. The van der Waals surface area contributed by atoms with Gasteiger partial charge in [-0.2, -0.15) is 0 Å². The molecule has 168 valence electrons. The summed E-state index contributed by atoms with van der Waals surface area (Å²) in [4.78, 5) is 18.0. The number of para-hydroxylation sites is 1. The first-order valence-corrected chi connectivity index (χ1v) is 11.7. The molecule has 0 bridgehead atoms. The van der Waals surface area contributed by atoms with Crippen molar-refractivity contribution in [1.82, 2.24) is 9.88 Å². The zero-order chi connectivity index (χ0) is 22.7. The molecule has 5 nitrogen and oxygen atoms in total. The molecule has 0 aliphatic carbocycles. The van der Waals surface area contributed by atoms with Gasteiger partial charge >= 0.3 is 0 Å². The van der Waals surface area contributed by atoms with Crippen LogP contribution in [0.5, 0.6) is 0 Å². The lowest BCUT2D eigenvalue weighted by atomic mass is 10.0. The Morgan fingerprint density at radius 3 is 2.72 bits per heavy atom. The van der Waals surface area contributed by atoms with Gasteiger partial charge in [0.2, 0.25) is 0 Å². The van der Waals surface area contributed by atoms with Crippen LogP contribution in [-0.4, -0.2) is 34.3 Å². The molecule has 0 saturated carbocycles. The molecular formula is C26H31N3O2S. The van der Waals surface area contributed by atoms with Crippen molar-refractivity contribution >= 4 is 33.9 Å². The molecule has 2 N–H and O–H groups in total. The fourth-order valence-electron chi connectivity index (χ4n) is 4.24. The van der Waals surface area contributed by atoms with Gasteiger partial charge in [0.15, 0.2) is 5.11 Å². The van der Waals surface area contributed by atoms with Crippen LogP contribution in [0, 0.1) is 13.8 Å². The number of hydrogen-bond acceptors (Lipinski definition) is 3. The molecular weight excluding hydrogens is 418 g/mol. The number of thiocarbonyl (C=S) groups is 1. The van der Waals surface area contributed by atoms with Crippen LogP contribution in [-0.2, 0) is 17.7 Å². The molecule has 1 unspecified atom stereocenters. The first-order chi connectivity index (χ1) is 15.4. The summed E-state index contributed by atoms with van der Waals surface area (Å²) in [6.45, 7) is 8.15. The van der Waals surface area contributed by atoms with Crippen LogP contribution in [0.1, 0.15) is 42.0 Å². The smallest absolute Gasteiger partial charge is 0.253 e. The number of fused-ring (bicyclic) bond motifs is 1. The summed E-state index contributed by atoms with van der Waals surface area (Å²) in [5.41, 5.74) is 6.09. The Hall–Kier alpha value is -2.70. The third-order valence-electron chi connectivity index (χ3n) is 6.27. The lowest BCUT2D eigenvalue weighted by Gasteiger charge is -2.28. The molecule has 1 aromatic heterocycles. The molecule has 0 spiro atoms.